The fraction of sp³-hybridized carbons (Fsp3) is 0.333. The Hall–Kier alpha value is -5.73. The number of benzene rings is 3. The number of carboxylic acids is 1. The minimum atomic E-state index is -4.54. The summed E-state index contributed by atoms with van der Waals surface area (Å²) in [6.07, 6.45) is -7.21. The number of carboxylic acid groups (broad SMARTS) is 1. The third kappa shape index (κ3) is 8.90. The Morgan fingerprint density at radius 2 is 1.41 bits per heavy atom. The van der Waals surface area contributed by atoms with Gasteiger partial charge >= 0.3 is 30.1 Å². The number of ether oxygens (including phenoxy) is 3. The molecule has 15 heteroatoms. The van der Waals surface area contributed by atoms with E-state index in [1.54, 1.807) is 18.2 Å². The molecule has 1 atom stereocenters. The summed E-state index contributed by atoms with van der Waals surface area (Å²) in [5, 5.41) is 12.7. The number of alkyl halides is 3. The average molecular weight is 715 g/mol. The second kappa shape index (κ2) is 16.8. The zero-order chi connectivity index (χ0) is 38.1. The second-order valence-electron chi connectivity index (χ2n) is 11.3. The molecule has 0 bridgehead atoms. The quantitative estimate of drug-likeness (QED) is 0.126. The Morgan fingerprint density at radius 1 is 0.824 bits per heavy atom. The fourth-order valence-corrected chi connectivity index (χ4v) is 5.18. The summed E-state index contributed by atoms with van der Waals surface area (Å²) in [7, 11) is 2.91. The van der Waals surface area contributed by atoms with E-state index in [2.05, 4.69) is 5.32 Å². The number of halogens is 3. The first kappa shape index (κ1) is 39.7. The van der Waals surface area contributed by atoms with E-state index in [0.717, 1.165) is 12.1 Å². The highest BCUT2D eigenvalue weighted by molar-refractivity contribution is 6.18. The van der Waals surface area contributed by atoms with E-state index < -0.39 is 65.4 Å². The van der Waals surface area contributed by atoms with E-state index in [0.29, 0.717) is 11.1 Å². The molecule has 3 aromatic rings. The van der Waals surface area contributed by atoms with Gasteiger partial charge in [-0.1, -0.05) is 43.3 Å². The number of rotatable bonds is 14. The van der Waals surface area contributed by atoms with Crippen LogP contribution in [0.5, 0.6) is 0 Å². The monoisotopic (exact) mass is 714 g/mol. The lowest BCUT2D eigenvalue weighted by molar-refractivity contribution is -0.195. The second-order valence-corrected chi connectivity index (χ2v) is 11.3. The van der Waals surface area contributed by atoms with Gasteiger partial charge in [-0.3, -0.25) is 28.8 Å². The van der Waals surface area contributed by atoms with Crippen molar-refractivity contribution in [3.8, 4) is 11.1 Å². The molecule has 272 valence electrons. The number of nitrogens with zero attached hydrogens (tertiary/aromatic N) is 1. The Bertz CT molecular complexity index is 1770. The van der Waals surface area contributed by atoms with Crippen LogP contribution in [0.15, 0.2) is 66.7 Å². The van der Waals surface area contributed by atoms with Crippen molar-refractivity contribution in [3.05, 3.63) is 89.0 Å². The molecule has 0 aliphatic carbocycles. The van der Waals surface area contributed by atoms with Gasteiger partial charge in [0.2, 0.25) is 0 Å². The minimum Gasteiger partial charge on any atom is -0.480 e. The van der Waals surface area contributed by atoms with Crippen molar-refractivity contribution in [1.29, 1.82) is 0 Å². The molecule has 0 fully saturated rings. The first-order chi connectivity index (χ1) is 24.0. The number of aliphatic carboxylic acids is 1. The topological polar surface area (TPSA) is 166 Å². The molecule has 3 rings (SSSR count). The highest BCUT2D eigenvalue weighted by atomic mass is 19.4. The van der Waals surface area contributed by atoms with Crippen LogP contribution in [-0.2, 0) is 46.0 Å². The number of esters is 3. The summed E-state index contributed by atoms with van der Waals surface area (Å²) in [6, 6.07) is 14.6. The van der Waals surface area contributed by atoms with Gasteiger partial charge in [-0.25, -0.2) is 0 Å². The van der Waals surface area contributed by atoms with Crippen LogP contribution in [0, 0.1) is 5.41 Å². The summed E-state index contributed by atoms with van der Waals surface area (Å²) in [6.45, 7) is 3.65. The van der Waals surface area contributed by atoms with E-state index >= 15 is 0 Å². The molecule has 3 aromatic carbocycles. The van der Waals surface area contributed by atoms with Crippen molar-refractivity contribution in [3.63, 3.8) is 0 Å². The summed E-state index contributed by atoms with van der Waals surface area (Å²) in [5.74, 6) is -7.16. The number of amides is 2. The zero-order valence-corrected chi connectivity index (χ0v) is 28.5. The van der Waals surface area contributed by atoms with Crippen LogP contribution >= 0.6 is 0 Å². The minimum absolute atomic E-state index is 0.0407. The lowest BCUT2D eigenvalue weighted by Crippen LogP contribution is -2.57. The SMILES string of the molecule is CCOC(=O)C(C(=O)O)(C(=O)OCC)C(CC)OC(=O)Cc1ccc(NC(=O)c2ccccc2-c2ccc(C(F)(F)F)cc2)c(C(=O)N(C)C)c1. The van der Waals surface area contributed by atoms with Gasteiger partial charge in [0.25, 0.3) is 17.2 Å². The van der Waals surface area contributed by atoms with E-state index in [1.807, 2.05) is 0 Å². The van der Waals surface area contributed by atoms with E-state index in [-0.39, 0.29) is 42.0 Å². The Labute approximate surface area is 291 Å². The van der Waals surface area contributed by atoms with Crippen LogP contribution in [0.1, 0.15) is 59.0 Å². The first-order valence-electron chi connectivity index (χ1n) is 15.7. The van der Waals surface area contributed by atoms with Gasteiger partial charge in [-0.05, 0) is 67.3 Å². The number of nitrogens with one attached hydrogen (secondary N) is 1. The van der Waals surface area contributed by atoms with Gasteiger partial charge < -0.3 is 29.5 Å². The number of carbonyl (C=O) groups excluding carboxylic acids is 5. The van der Waals surface area contributed by atoms with E-state index in [1.165, 1.54) is 76.2 Å². The van der Waals surface area contributed by atoms with Crippen molar-refractivity contribution < 1.29 is 61.3 Å². The molecule has 2 amide bonds. The van der Waals surface area contributed by atoms with Crippen LogP contribution in [0.3, 0.4) is 0 Å². The van der Waals surface area contributed by atoms with Crippen molar-refractivity contribution in [1.82, 2.24) is 4.90 Å². The molecule has 1 unspecified atom stereocenters. The summed E-state index contributed by atoms with van der Waals surface area (Å²) in [5.41, 5.74) is -2.90. The molecular formula is C36H37F3N2O10. The van der Waals surface area contributed by atoms with Crippen LogP contribution in [0.2, 0.25) is 0 Å². The fourth-order valence-electron chi connectivity index (χ4n) is 5.18. The lowest BCUT2D eigenvalue weighted by atomic mass is 9.80. The first-order valence-corrected chi connectivity index (χ1v) is 15.7. The third-order valence-corrected chi connectivity index (χ3v) is 7.67. The van der Waals surface area contributed by atoms with Crippen molar-refractivity contribution >= 4 is 41.4 Å². The number of carbonyl (C=O) groups is 6. The molecule has 2 N–H and O–H groups in total. The van der Waals surface area contributed by atoms with Crippen molar-refractivity contribution in [2.24, 2.45) is 5.41 Å². The largest absolute Gasteiger partial charge is 0.480 e. The Morgan fingerprint density at radius 3 is 1.92 bits per heavy atom. The van der Waals surface area contributed by atoms with Gasteiger partial charge in [0.1, 0.15) is 6.10 Å². The molecule has 51 heavy (non-hydrogen) atoms. The molecule has 0 radical (unpaired) electrons. The highest BCUT2D eigenvalue weighted by Gasteiger charge is 2.63. The zero-order valence-electron chi connectivity index (χ0n) is 28.5. The molecule has 0 spiro atoms. The normalized spacial score (nSPS) is 11.9. The predicted molar refractivity (Wildman–Crippen MR) is 177 cm³/mol. The summed E-state index contributed by atoms with van der Waals surface area (Å²) >= 11 is 0. The summed E-state index contributed by atoms with van der Waals surface area (Å²) in [4.78, 5) is 79.4. The van der Waals surface area contributed by atoms with E-state index in [9.17, 15) is 47.0 Å². The van der Waals surface area contributed by atoms with Gasteiger partial charge in [0, 0.05) is 19.7 Å². The van der Waals surface area contributed by atoms with Crippen LogP contribution < -0.4 is 5.32 Å². The lowest BCUT2D eigenvalue weighted by Gasteiger charge is -2.31. The molecule has 12 nitrogen and oxygen atoms in total. The standard InChI is InChI=1S/C36H37F3N2O10/c1-6-28(35(32(45)46,33(47)49-7-2)34(48)50-8-3)51-29(42)20-21-13-18-27(26(19-21)31(44)41(4)5)40-30(43)25-12-10-9-11-24(25)22-14-16-23(17-15-22)36(37,38)39/h9-19,28H,6-8,20H2,1-5H3,(H,40,43)(H,45,46). The Balaban J connectivity index is 1.94. The van der Waals surface area contributed by atoms with Crippen molar-refractivity contribution in [2.45, 2.75) is 45.9 Å². The maximum Gasteiger partial charge on any atom is 0.416 e. The molecule has 0 saturated heterocycles. The number of hydrogen-bond acceptors (Lipinski definition) is 9. The van der Waals surface area contributed by atoms with Crippen LogP contribution in [-0.4, -0.2) is 79.1 Å². The highest BCUT2D eigenvalue weighted by Crippen LogP contribution is 2.34. The van der Waals surface area contributed by atoms with Crippen molar-refractivity contribution in [2.75, 3.05) is 32.6 Å². The smallest absolute Gasteiger partial charge is 0.416 e. The van der Waals surface area contributed by atoms with Gasteiger partial charge in [-0.15, -0.1) is 0 Å². The maximum atomic E-state index is 13.5. The predicted octanol–water partition coefficient (Wildman–Crippen LogP) is 5.39. The van der Waals surface area contributed by atoms with Gasteiger partial charge in [0.15, 0.2) is 0 Å². The maximum absolute atomic E-state index is 13.5. The summed E-state index contributed by atoms with van der Waals surface area (Å²) < 4.78 is 54.5. The molecule has 0 aromatic heterocycles. The Kier molecular flexibility index (Phi) is 13.1. The molecule has 0 aliphatic heterocycles. The number of hydrogen-bond donors (Lipinski definition) is 2. The van der Waals surface area contributed by atoms with Gasteiger partial charge in [-0.2, -0.15) is 13.2 Å². The molecule has 0 aliphatic rings. The number of anilines is 1. The molecular weight excluding hydrogens is 677 g/mol. The molecule has 0 heterocycles. The van der Waals surface area contributed by atoms with Gasteiger partial charge in [0.05, 0.1) is 36.4 Å². The van der Waals surface area contributed by atoms with E-state index in [4.69, 9.17) is 14.2 Å². The van der Waals surface area contributed by atoms with Crippen LogP contribution in [0.25, 0.3) is 11.1 Å². The van der Waals surface area contributed by atoms with Crippen LogP contribution in [0.4, 0.5) is 18.9 Å². The average Bonchev–Trinajstić information content (AvgIpc) is 3.08. The molecule has 0 saturated carbocycles. The third-order valence-electron chi connectivity index (χ3n) is 7.67.